The summed E-state index contributed by atoms with van der Waals surface area (Å²) in [4.78, 5) is 40.7. The minimum absolute atomic E-state index is 0.146. The number of nitrogens with two attached hydrogens (primary N) is 1. The number of fused-ring (bicyclic) bond motifs is 3. The first-order valence-corrected chi connectivity index (χ1v) is 23.9. The van der Waals surface area contributed by atoms with Gasteiger partial charge >= 0.3 is 6.03 Å². The summed E-state index contributed by atoms with van der Waals surface area (Å²) in [7, 11) is 0. The number of anilines is 5. The van der Waals surface area contributed by atoms with Crippen molar-refractivity contribution < 1.29 is 19.1 Å². The van der Waals surface area contributed by atoms with Gasteiger partial charge in [0.1, 0.15) is 17.2 Å². The number of phenols is 1. The summed E-state index contributed by atoms with van der Waals surface area (Å²) in [5.41, 5.74) is 13.6. The van der Waals surface area contributed by atoms with Crippen molar-refractivity contribution in [2.75, 3.05) is 77.7 Å². The van der Waals surface area contributed by atoms with E-state index in [1.165, 1.54) is 31.4 Å². The minimum atomic E-state index is -0.380. The van der Waals surface area contributed by atoms with E-state index < -0.39 is 0 Å². The highest BCUT2D eigenvalue weighted by molar-refractivity contribution is 6.06. The Kier molecular flexibility index (Phi) is 10.8. The molecule has 2 unspecified atom stereocenters. The number of nitrogen functional groups attached to an aromatic ring is 1. The average Bonchev–Trinajstić information content (AvgIpc) is 3.97. The molecule has 6 fully saturated rings. The summed E-state index contributed by atoms with van der Waals surface area (Å²) >= 11 is 0. The van der Waals surface area contributed by atoms with Crippen LogP contribution >= 0.6 is 0 Å². The highest BCUT2D eigenvalue weighted by Gasteiger charge is 2.43. The van der Waals surface area contributed by atoms with Crippen molar-refractivity contribution in [2.45, 2.75) is 95.7 Å². The second-order valence-corrected chi connectivity index (χ2v) is 19.7. The van der Waals surface area contributed by atoms with Crippen LogP contribution in [0.4, 0.5) is 37.8 Å². The van der Waals surface area contributed by atoms with E-state index in [2.05, 4.69) is 64.9 Å². The quantitative estimate of drug-likeness (QED) is 0.135. The molecular formula is C50H60FN11O3. The van der Waals surface area contributed by atoms with Crippen LogP contribution in [0.2, 0.25) is 0 Å². The first-order chi connectivity index (χ1) is 31.6. The normalized spacial score (nSPS) is 25.4. The van der Waals surface area contributed by atoms with E-state index in [-0.39, 0.29) is 35.6 Å². The molecule has 8 heterocycles. The van der Waals surface area contributed by atoms with Crippen molar-refractivity contribution in [3.8, 4) is 17.0 Å². The van der Waals surface area contributed by atoms with Gasteiger partial charge in [-0.25, -0.2) is 14.2 Å². The summed E-state index contributed by atoms with van der Waals surface area (Å²) in [6, 6.07) is 17.4. The SMILES string of the molecule is CCc1cn(C2CCC3(CC2)CCN(CC2CCN(c4cc(N5C6CCC5CN(c5cc(-c7ccccc7O)nnc5N)C6)ccc4F)CC2)C3)c2ncc(N3CCC(=O)NC3=O)cc12. The zero-order valence-electron chi connectivity index (χ0n) is 37.3. The Labute approximate surface area is 379 Å². The summed E-state index contributed by atoms with van der Waals surface area (Å²) in [5, 5.41) is 22.6. The number of aromatic hydroxyl groups is 1. The van der Waals surface area contributed by atoms with Crippen molar-refractivity contribution in [3.63, 3.8) is 0 Å². The van der Waals surface area contributed by atoms with Gasteiger partial charge in [-0.3, -0.25) is 15.0 Å². The third-order valence-electron chi connectivity index (χ3n) is 15.9. The molecule has 14 nitrogen and oxygen atoms in total. The number of carbonyl (C=O) groups is 2. The first-order valence-electron chi connectivity index (χ1n) is 23.9. The zero-order valence-corrected chi connectivity index (χ0v) is 37.3. The van der Waals surface area contributed by atoms with Crippen LogP contribution in [0.3, 0.4) is 0 Å². The van der Waals surface area contributed by atoms with Crippen molar-refractivity contribution in [1.82, 2.24) is 30.0 Å². The number of imide groups is 1. The van der Waals surface area contributed by atoms with Gasteiger partial charge in [-0.1, -0.05) is 19.1 Å². The van der Waals surface area contributed by atoms with Gasteiger partial charge in [0.05, 0.1) is 29.0 Å². The number of benzene rings is 2. The molecule has 5 aromatic rings. The lowest BCUT2D eigenvalue weighted by atomic mass is 9.72. The molecular weight excluding hydrogens is 822 g/mol. The van der Waals surface area contributed by atoms with Gasteiger partial charge in [0, 0.05) is 93.2 Å². The minimum Gasteiger partial charge on any atom is -0.507 e. The maximum absolute atomic E-state index is 15.7. The number of para-hydroxylation sites is 1. The van der Waals surface area contributed by atoms with Crippen LogP contribution in [-0.2, 0) is 11.2 Å². The number of aryl methyl sites for hydroxylation is 1. The average molecular weight is 882 g/mol. The molecule has 0 radical (unpaired) electrons. The smallest absolute Gasteiger partial charge is 0.328 e. The van der Waals surface area contributed by atoms with Crippen molar-refractivity contribution in [3.05, 3.63) is 78.4 Å². The number of aromatic nitrogens is 4. The van der Waals surface area contributed by atoms with Crippen LogP contribution in [0.15, 0.2) is 67.0 Å². The second-order valence-electron chi connectivity index (χ2n) is 19.7. The van der Waals surface area contributed by atoms with Crippen molar-refractivity contribution in [1.29, 1.82) is 0 Å². The lowest BCUT2D eigenvalue weighted by molar-refractivity contribution is -0.120. The Balaban J connectivity index is 0.688. The predicted octanol–water partition coefficient (Wildman–Crippen LogP) is 7.51. The van der Waals surface area contributed by atoms with E-state index in [9.17, 15) is 14.7 Å². The first kappa shape index (κ1) is 41.7. The van der Waals surface area contributed by atoms with Gasteiger partial charge in [-0.05, 0) is 130 Å². The molecule has 11 rings (SSSR count). The van der Waals surface area contributed by atoms with E-state index in [1.807, 2.05) is 24.3 Å². The van der Waals surface area contributed by atoms with E-state index in [0.29, 0.717) is 47.4 Å². The molecule has 5 aliphatic heterocycles. The lowest BCUT2D eigenvalue weighted by Gasteiger charge is -2.44. The molecule has 2 bridgehead atoms. The summed E-state index contributed by atoms with van der Waals surface area (Å²) in [5.74, 6) is 0.773. The van der Waals surface area contributed by atoms with E-state index in [4.69, 9.17) is 10.7 Å². The molecule has 3 aromatic heterocycles. The number of likely N-dealkylation sites (tertiary alicyclic amines) is 1. The number of amides is 3. The number of hydrogen-bond acceptors (Lipinski definition) is 11. The molecule has 3 amide bonds. The Morgan fingerprint density at radius 3 is 2.38 bits per heavy atom. The number of rotatable bonds is 9. The Morgan fingerprint density at radius 1 is 0.846 bits per heavy atom. The number of carbonyl (C=O) groups excluding carboxylic acids is 2. The third-order valence-corrected chi connectivity index (χ3v) is 15.9. The van der Waals surface area contributed by atoms with Crippen LogP contribution in [0, 0.1) is 17.2 Å². The number of phenolic OH excluding ortho intramolecular Hbond substituents is 1. The van der Waals surface area contributed by atoms with E-state index in [0.717, 1.165) is 118 Å². The molecule has 6 aliphatic rings. The molecule has 1 aliphatic carbocycles. The van der Waals surface area contributed by atoms with Crippen LogP contribution in [0.1, 0.15) is 82.7 Å². The monoisotopic (exact) mass is 881 g/mol. The van der Waals surface area contributed by atoms with Crippen LogP contribution in [-0.4, -0.2) is 106 Å². The van der Waals surface area contributed by atoms with E-state index in [1.54, 1.807) is 29.3 Å². The summed E-state index contributed by atoms with van der Waals surface area (Å²) in [6.45, 7) is 9.28. The fourth-order valence-electron chi connectivity index (χ4n) is 12.4. The largest absolute Gasteiger partial charge is 0.507 e. The highest BCUT2D eigenvalue weighted by Crippen LogP contribution is 2.48. The van der Waals surface area contributed by atoms with Crippen LogP contribution < -0.4 is 30.7 Å². The zero-order chi connectivity index (χ0) is 44.4. The number of piperazine rings is 1. The highest BCUT2D eigenvalue weighted by atomic mass is 19.1. The molecule has 340 valence electrons. The summed E-state index contributed by atoms with van der Waals surface area (Å²) < 4.78 is 18.1. The molecule has 2 atom stereocenters. The van der Waals surface area contributed by atoms with Gasteiger partial charge in [0.2, 0.25) is 5.91 Å². The molecule has 1 spiro atoms. The lowest BCUT2D eigenvalue weighted by Crippen LogP contribution is -2.54. The molecule has 2 aromatic carbocycles. The van der Waals surface area contributed by atoms with Crippen molar-refractivity contribution in [2.24, 2.45) is 11.3 Å². The number of nitrogens with one attached hydrogen (secondary N) is 1. The third kappa shape index (κ3) is 7.78. The molecule has 5 saturated heterocycles. The number of piperidine rings is 1. The van der Waals surface area contributed by atoms with Crippen molar-refractivity contribution >= 4 is 51.5 Å². The van der Waals surface area contributed by atoms with Gasteiger partial charge in [-0.15, -0.1) is 10.2 Å². The maximum atomic E-state index is 15.7. The summed E-state index contributed by atoms with van der Waals surface area (Å²) in [6.07, 6.45) is 15.5. The Bertz CT molecular complexity index is 2610. The fourth-order valence-corrected chi connectivity index (χ4v) is 12.4. The van der Waals surface area contributed by atoms with E-state index >= 15 is 4.39 Å². The van der Waals surface area contributed by atoms with Gasteiger partial charge < -0.3 is 35.0 Å². The number of urea groups is 1. The Morgan fingerprint density at radius 2 is 1.63 bits per heavy atom. The van der Waals surface area contributed by atoms with Crippen LogP contribution in [0.25, 0.3) is 22.3 Å². The van der Waals surface area contributed by atoms with Crippen LogP contribution in [0.5, 0.6) is 5.75 Å². The fraction of sp³-hybridized carbons (Fsp3) is 0.500. The van der Waals surface area contributed by atoms with Gasteiger partial charge in [0.15, 0.2) is 5.82 Å². The number of hydrogen-bond donors (Lipinski definition) is 3. The molecule has 1 saturated carbocycles. The predicted molar refractivity (Wildman–Crippen MR) is 252 cm³/mol. The number of nitrogens with zero attached hydrogens (tertiary/aromatic N) is 9. The maximum Gasteiger partial charge on any atom is 0.328 e. The van der Waals surface area contributed by atoms with Gasteiger partial charge in [-0.2, -0.15) is 0 Å². The topological polar surface area (TPSA) is 152 Å². The standard InChI is InChI=1S/C50H60FN11O3/c1-2-33-28-61(48-40(33)23-38(26-53-48)60-21-15-46(64)54-49(60)65)34-11-16-50(17-12-34)18-22-57(31-50)27-32-13-19-58(20-14-32)43-24-35(9-10-41(43)51)62-36-7-8-37(62)30-59(29-36)44-25-42(55-56-47(44)52)39-5-3-4-6-45(39)63/h3-6,9-10,23-26,28,32,34,36-37,63H,2,7-8,11-22,27,29-31H2,1H3,(H2,52,56)(H,54,64,65). The molecule has 15 heteroatoms. The second kappa shape index (κ2) is 16.8. The van der Waals surface area contributed by atoms with Gasteiger partial charge in [0.25, 0.3) is 0 Å². The Hall–Kier alpha value is -5.96. The molecule has 4 N–H and O–H groups in total. The number of halogens is 1. The number of pyridine rings is 1. The molecule has 65 heavy (non-hydrogen) atoms.